The number of amides is 1. The molecule has 2 heterocycles. The number of carbonyl (C=O) groups is 1. The predicted octanol–water partition coefficient (Wildman–Crippen LogP) is 2.33. The summed E-state index contributed by atoms with van der Waals surface area (Å²) in [6, 6.07) is 8.64. The third-order valence-electron chi connectivity index (χ3n) is 4.92. The largest absolute Gasteiger partial charge is 0.381 e. The second kappa shape index (κ2) is 5.77. The molecule has 0 aliphatic carbocycles. The van der Waals surface area contributed by atoms with Crippen molar-refractivity contribution in [3.8, 4) is 0 Å². The van der Waals surface area contributed by atoms with Crippen molar-refractivity contribution in [1.82, 2.24) is 0 Å². The molecule has 2 aromatic rings. The van der Waals surface area contributed by atoms with Crippen molar-refractivity contribution in [1.29, 1.82) is 0 Å². The lowest BCUT2D eigenvalue weighted by atomic mass is 9.85. The number of halogens is 1. The number of rotatable bonds is 3. The molecule has 1 saturated heterocycles. The van der Waals surface area contributed by atoms with E-state index in [9.17, 15) is 24.4 Å². The zero-order valence-corrected chi connectivity index (χ0v) is 13.7. The Morgan fingerprint density at radius 1 is 1.19 bits per heavy atom. The Morgan fingerprint density at radius 3 is 2.54 bits per heavy atom. The number of nitrogens with zero attached hydrogens (tertiary/aromatic N) is 2. The fourth-order valence-electron chi connectivity index (χ4n) is 3.50. The summed E-state index contributed by atoms with van der Waals surface area (Å²) >= 11 is 0. The van der Waals surface area contributed by atoms with Gasteiger partial charge in [0.1, 0.15) is 17.1 Å². The fourth-order valence-corrected chi connectivity index (χ4v) is 3.50. The Labute approximate surface area is 148 Å². The van der Waals surface area contributed by atoms with Gasteiger partial charge in [-0.05, 0) is 35.7 Å². The minimum atomic E-state index is -1.19. The number of carbonyl (C=O) groups excluding carboxylic acids is 1. The highest BCUT2D eigenvalue weighted by Gasteiger charge is 2.45. The number of benzene rings is 2. The van der Waals surface area contributed by atoms with Crippen LogP contribution in [0.2, 0.25) is 0 Å². The Balaban J connectivity index is 1.64. The highest BCUT2D eigenvalue weighted by Crippen LogP contribution is 2.42. The highest BCUT2D eigenvalue weighted by molar-refractivity contribution is 5.95. The molecule has 0 unspecified atom stereocenters. The van der Waals surface area contributed by atoms with Crippen LogP contribution in [0.1, 0.15) is 17.5 Å². The van der Waals surface area contributed by atoms with Crippen LogP contribution in [0, 0.1) is 15.9 Å². The van der Waals surface area contributed by atoms with Gasteiger partial charge in [-0.25, -0.2) is 4.39 Å². The lowest BCUT2D eigenvalue weighted by Crippen LogP contribution is -2.59. The number of anilines is 2. The first-order valence-corrected chi connectivity index (χ1v) is 8.20. The predicted molar refractivity (Wildman–Crippen MR) is 92.6 cm³/mol. The molecule has 2 aliphatic heterocycles. The van der Waals surface area contributed by atoms with Crippen LogP contribution in [0.15, 0.2) is 36.4 Å². The standard InChI is InChI=1S/C18H16FN3O4/c19-13-4-2-12(3-5-13)18(24)9-21(10-18)15-8-14-11(1-6-17(23)20-14)7-16(15)22(25)26/h2-5,7-8,24H,1,6,9-10H2,(H,20,23). The van der Waals surface area contributed by atoms with Crippen molar-refractivity contribution >= 4 is 23.0 Å². The third-order valence-corrected chi connectivity index (χ3v) is 4.92. The van der Waals surface area contributed by atoms with Gasteiger partial charge >= 0.3 is 0 Å². The van der Waals surface area contributed by atoms with Crippen LogP contribution < -0.4 is 10.2 Å². The zero-order chi connectivity index (χ0) is 18.5. The Morgan fingerprint density at radius 2 is 1.88 bits per heavy atom. The number of hydrogen-bond donors (Lipinski definition) is 2. The van der Waals surface area contributed by atoms with Gasteiger partial charge < -0.3 is 15.3 Å². The molecule has 0 spiro atoms. The average Bonchev–Trinajstić information content (AvgIpc) is 2.58. The lowest BCUT2D eigenvalue weighted by molar-refractivity contribution is -0.384. The normalized spacial score (nSPS) is 17.9. The summed E-state index contributed by atoms with van der Waals surface area (Å²) < 4.78 is 13.1. The van der Waals surface area contributed by atoms with E-state index < -0.39 is 16.3 Å². The topological polar surface area (TPSA) is 95.7 Å². The van der Waals surface area contributed by atoms with E-state index in [4.69, 9.17) is 0 Å². The summed E-state index contributed by atoms with van der Waals surface area (Å²) in [5.41, 5.74) is 0.960. The fraction of sp³-hybridized carbons (Fsp3) is 0.278. The van der Waals surface area contributed by atoms with E-state index in [-0.39, 0.29) is 24.7 Å². The molecule has 7 nitrogen and oxygen atoms in total. The molecule has 0 bridgehead atoms. The lowest BCUT2D eigenvalue weighted by Gasteiger charge is -2.48. The van der Waals surface area contributed by atoms with E-state index in [0.717, 1.165) is 5.56 Å². The third kappa shape index (κ3) is 2.68. The summed E-state index contributed by atoms with van der Waals surface area (Å²) in [4.78, 5) is 24.3. The van der Waals surface area contributed by atoms with Crippen LogP contribution >= 0.6 is 0 Å². The smallest absolute Gasteiger partial charge is 0.292 e. The summed E-state index contributed by atoms with van der Waals surface area (Å²) in [6.45, 7) is 0.290. The molecule has 0 atom stereocenters. The Bertz CT molecular complexity index is 907. The number of β-amino-alcohol motifs (C(OH)–C–C–N with tert-alkyl or cyclic N) is 1. The van der Waals surface area contributed by atoms with Gasteiger partial charge in [-0.15, -0.1) is 0 Å². The average molecular weight is 357 g/mol. The Kier molecular flexibility index (Phi) is 3.66. The van der Waals surface area contributed by atoms with Crippen molar-refractivity contribution < 1.29 is 19.2 Å². The van der Waals surface area contributed by atoms with Gasteiger partial charge in [-0.2, -0.15) is 0 Å². The van der Waals surface area contributed by atoms with E-state index in [1.165, 1.54) is 30.3 Å². The molecule has 2 N–H and O–H groups in total. The zero-order valence-electron chi connectivity index (χ0n) is 13.7. The summed E-state index contributed by atoms with van der Waals surface area (Å²) in [5, 5.41) is 24.9. The van der Waals surface area contributed by atoms with E-state index >= 15 is 0 Å². The van der Waals surface area contributed by atoms with Crippen LogP contribution in [0.25, 0.3) is 0 Å². The molecular formula is C18H16FN3O4. The number of fused-ring (bicyclic) bond motifs is 1. The molecule has 134 valence electrons. The Hall–Kier alpha value is -3.00. The van der Waals surface area contributed by atoms with Gasteiger partial charge in [0.05, 0.1) is 18.0 Å². The van der Waals surface area contributed by atoms with E-state index in [1.54, 1.807) is 11.0 Å². The summed E-state index contributed by atoms with van der Waals surface area (Å²) in [6.07, 6.45) is 0.763. The van der Waals surface area contributed by atoms with Crippen LogP contribution in [-0.2, 0) is 16.8 Å². The minimum absolute atomic E-state index is 0.0546. The quantitative estimate of drug-likeness (QED) is 0.649. The highest BCUT2D eigenvalue weighted by atomic mass is 19.1. The van der Waals surface area contributed by atoms with Gasteiger partial charge in [0.2, 0.25) is 5.91 Å². The second-order valence-electron chi connectivity index (χ2n) is 6.70. The number of nitrogens with one attached hydrogen (secondary N) is 1. The SMILES string of the molecule is O=C1CCc2cc([N+](=O)[O-])c(N3CC(O)(c4ccc(F)cc4)C3)cc2N1. The molecule has 0 saturated carbocycles. The van der Waals surface area contributed by atoms with Crippen molar-refractivity contribution in [2.45, 2.75) is 18.4 Å². The first-order chi connectivity index (χ1) is 12.4. The molecule has 26 heavy (non-hydrogen) atoms. The molecule has 2 aromatic carbocycles. The van der Waals surface area contributed by atoms with Crippen LogP contribution in [-0.4, -0.2) is 29.0 Å². The van der Waals surface area contributed by atoms with Crippen LogP contribution in [0.3, 0.4) is 0 Å². The molecule has 1 fully saturated rings. The number of hydrogen-bond acceptors (Lipinski definition) is 5. The molecular weight excluding hydrogens is 341 g/mol. The van der Waals surface area contributed by atoms with Gasteiger partial charge in [-0.1, -0.05) is 12.1 Å². The van der Waals surface area contributed by atoms with Gasteiger partial charge in [0, 0.05) is 18.2 Å². The van der Waals surface area contributed by atoms with Gasteiger partial charge in [0.15, 0.2) is 0 Å². The maximum atomic E-state index is 13.1. The minimum Gasteiger partial charge on any atom is -0.381 e. The van der Waals surface area contributed by atoms with E-state index in [2.05, 4.69) is 5.32 Å². The maximum Gasteiger partial charge on any atom is 0.292 e. The monoisotopic (exact) mass is 357 g/mol. The van der Waals surface area contributed by atoms with Crippen LogP contribution in [0.5, 0.6) is 0 Å². The van der Waals surface area contributed by atoms with Crippen molar-refractivity contribution in [3.63, 3.8) is 0 Å². The molecule has 1 amide bonds. The summed E-state index contributed by atoms with van der Waals surface area (Å²) in [7, 11) is 0. The summed E-state index contributed by atoms with van der Waals surface area (Å²) in [5.74, 6) is -0.515. The number of aryl methyl sites for hydroxylation is 1. The molecule has 4 rings (SSSR count). The molecule has 8 heteroatoms. The van der Waals surface area contributed by atoms with Crippen molar-refractivity contribution in [3.05, 3.63) is 63.5 Å². The maximum absolute atomic E-state index is 13.1. The second-order valence-corrected chi connectivity index (χ2v) is 6.70. The first kappa shape index (κ1) is 16.5. The molecule has 0 radical (unpaired) electrons. The molecule has 2 aliphatic rings. The van der Waals surface area contributed by atoms with Crippen LogP contribution in [0.4, 0.5) is 21.5 Å². The van der Waals surface area contributed by atoms with Gasteiger partial charge in [-0.3, -0.25) is 14.9 Å². The van der Waals surface area contributed by atoms with Gasteiger partial charge in [0.25, 0.3) is 5.69 Å². The van der Waals surface area contributed by atoms with E-state index in [0.29, 0.717) is 29.8 Å². The molecule has 0 aromatic heterocycles. The number of aliphatic hydroxyl groups is 1. The van der Waals surface area contributed by atoms with Crippen molar-refractivity contribution in [2.24, 2.45) is 0 Å². The number of nitro groups is 1. The number of nitro benzene ring substituents is 1. The van der Waals surface area contributed by atoms with Crippen molar-refractivity contribution in [2.75, 3.05) is 23.3 Å². The van der Waals surface area contributed by atoms with E-state index in [1.807, 2.05) is 0 Å². The first-order valence-electron chi connectivity index (χ1n) is 8.20.